The van der Waals surface area contributed by atoms with Crippen molar-refractivity contribution in [3.05, 3.63) is 66.0 Å². The van der Waals surface area contributed by atoms with Gasteiger partial charge in [-0.2, -0.15) is 5.10 Å². The van der Waals surface area contributed by atoms with Gasteiger partial charge in [0.15, 0.2) is 0 Å². The number of benzene rings is 1. The van der Waals surface area contributed by atoms with E-state index in [-0.39, 0.29) is 25.1 Å². The summed E-state index contributed by atoms with van der Waals surface area (Å²) in [5, 5.41) is 13.9. The number of carbonyl (C=O) groups is 2. The number of ether oxygens (including phenoxy) is 1. The molecule has 0 bridgehead atoms. The van der Waals surface area contributed by atoms with E-state index in [9.17, 15) is 14.7 Å². The highest BCUT2D eigenvalue weighted by Gasteiger charge is 2.20. The molecule has 0 aliphatic carbocycles. The Kier molecular flexibility index (Phi) is 8.20. The van der Waals surface area contributed by atoms with Crippen molar-refractivity contribution in [2.45, 2.75) is 26.4 Å². The van der Waals surface area contributed by atoms with Gasteiger partial charge in [-0.1, -0.05) is 11.6 Å². The van der Waals surface area contributed by atoms with Gasteiger partial charge < -0.3 is 14.7 Å². The van der Waals surface area contributed by atoms with E-state index in [1.807, 2.05) is 13.8 Å². The van der Waals surface area contributed by atoms with Crippen molar-refractivity contribution in [1.82, 2.24) is 24.6 Å². The van der Waals surface area contributed by atoms with E-state index in [0.29, 0.717) is 35.1 Å². The minimum Gasteiger partial charge on any atom is -0.492 e. The van der Waals surface area contributed by atoms with Crippen molar-refractivity contribution in [3.8, 4) is 5.75 Å². The zero-order valence-electron chi connectivity index (χ0n) is 18.3. The van der Waals surface area contributed by atoms with E-state index in [0.717, 1.165) is 4.90 Å². The number of carboxylic acid groups (broad SMARTS) is 1. The lowest BCUT2D eigenvalue weighted by Gasteiger charge is -2.27. The molecule has 0 atom stereocenters. The van der Waals surface area contributed by atoms with Gasteiger partial charge in [-0.05, 0) is 44.2 Å². The van der Waals surface area contributed by atoms with Crippen LogP contribution < -0.4 is 9.64 Å². The monoisotopic (exact) mass is 472 g/mol. The van der Waals surface area contributed by atoms with Gasteiger partial charge in [-0.15, -0.1) is 0 Å². The van der Waals surface area contributed by atoms with Crippen molar-refractivity contribution >= 4 is 29.3 Å². The lowest BCUT2D eigenvalue weighted by atomic mass is 10.1. The summed E-state index contributed by atoms with van der Waals surface area (Å²) in [7, 11) is 0. The van der Waals surface area contributed by atoms with Crippen molar-refractivity contribution in [2.75, 3.05) is 24.6 Å². The van der Waals surface area contributed by atoms with Crippen molar-refractivity contribution in [2.24, 2.45) is 0 Å². The number of rotatable bonds is 10. The molecule has 0 radical (unpaired) electrons. The topological polar surface area (TPSA) is 114 Å². The molecule has 2 amide bonds. The molecule has 0 aliphatic rings. The van der Waals surface area contributed by atoms with Gasteiger partial charge >= 0.3 is 6.09 Å². The number of halogens is 1. The minimum absolute atomic E-state index is 0.0474. The predicted octanol–water partition coefficient (Wildman–Crippen LogP) is 3.44. The fraction of sp³-hybridized carbons (Fsp3) is 0.318. The van der Waals surface area contributed by atoms with E-state index in [2.05, 4.69) is 15.1 Å². The molecule has 0 saturated carbocycles. The van der Waals surface area contributed by atoms with Gasteiger partial charge in [0.1, 0.15) is 25.0 Å². The number of carbonyl (C=O) groups excluding carboxylic acids is 1. The number of hydrogen-bond acceptors (Lipinski definition) is 6. The molecular weight excluding hydrogens is 448 g/mol. The zero-order chi connectivity index (χ0) is 23.8. The van der Waals surface area contributed by atoms with E-state index in [1.165, 1.54) is 18.7 Å². The molecule has 10 nitrogen and oxygen atoms in total. The van der Waals surface area contributed by atoms with E-state index in [1.54, 1.807) is 46.2 Å². The Morgan fingerprint density at radius 3 is 2.55 bits per heavy atom. The third-order valence-corrected chi connectivity index (χ3v) is 5.05. The van der Waals surface area contributed by atoms with Gasteiger partial charge in [0.2, 0.25) is 0 Å². The lowest BCUT2D eigenvalue weighted by Crippen LogP contribution is -2.39. The molecule has 0 aliphatic heterocycles. The van der Waals surface area contributed by atoms with Gasteiger partial charge in [-0.3, -0.25) is 19.4 Å². The van der Waals surface area contributed by atoms with E-state index < -0.39 is 6.09 Å². The fourth-order valence-electron chi connectivity index (χ4n) is 3.20. The predicted molar refractivity (Wildman–Crippen MR) is 123 cm³/mol. The quantitative estimate of drug-likeness (QED) is 0.480. The summed E-state index contributed by atoms with van der Waals surface area (Å²) in [6, 6.07) is 7.94. The molecule has 11 heteroatoms. The molecular formula is C22H25ClN6O4. The Labute approximate surface area is 196 Å². The first-order valence-electron chi connectivity index (χ1n) is 10.3. The van der Waals surface area contributed by atoms with Crippen LogP contribution >= 0.6 is 11.6 Å². The van der Waals surface area contributed by atoms with Crippen LogP contribution in [0.1, 0.15) is 24.2 Å². The third-order valence-electron chi connectivity index (χ3n) is 4.83. The number of amides is 2. The Bertz CT molecular complexity index is 1060. The maximum atomic E-state index is 13.2. The van der Waals surface area contributed by atoms with E-state index >= 15 is 0 Å². The second kappa shape index (κ2) is 11.3. The highest BCUT2D eigenvalue weighted by atomic mass is 35.5. The maximum absolute atomic E-state index is 13.2. The third kappa shape index (κ3) is 6.66. The van der Waals surface area contributed by atoms with Gasteiger partial charge in [0.05, 0.1) is 18.8 Å². The summed E-state index contributed by atoms with van der Waals surface area (Å²) in [5.41, 5.74) is 0.872. The minimum atomic E-state index is -1.10. The molecule has 2 heterocycles. The molecule has 3 rings (SSSR count). The Hall–Kier alpha value is -3.66. The summed E-state index contributed by atoms with van der Waals surface area (Å²) >= 11 is 6.24. The summed E-state index contributed by atoms with van der Waals surface area (Å²) in [6.45, 7) is 4.98. The molecule has 2 aromatic heterocycles. The van der Waals surface area contributed by atoms with Crippen LogP contribution in [0.3, 0.4) is 0 Å². The smallest absolute Gasteiger partial charge is 0.411 e. The van der Waals surface area contributed by atoms with Crippen LogP contribution in [0.4, 0.5) is 10.5 Å². The highest BCUT2D eigenvalue weighted by molar-refractivity contribution is 6.31. The van der Waals surface area contributed by atoms with E-state index in [4.69, 9.17) is 16.3 Å². The number of aromatic nitrogens is 4. The Morgan fingerprint density at radius 2 is 1.91 bits per heavy atom. The first kappa shape index (κ1) is 24.0. The van der Waals surface area contributed by atoms with Crippen LogP contribution in [0.2, 0.25) is 5.02 Å². The molecule has 0 saturated heterocycles. The van der Waals surface area contributed by atoms with Crippen molar-refractivity contribution in [1.29, 1.82) is 0 Å². The largest absolute Gasteiger partial charge is 0.492 e. The Morgan fingerprint density at radius 1 is 1.15 bits per heavy atom. The first-order chi connectivity index (χ1) is 15.8. The molecule has 0 unspecified atom stereocenters. The average Bonchev–Trinajstić information content (AvgIpc) is 3.30. The number of hydrogen-bond donors (Lipinski definition) is 1. The van der Waals surface area contributed by atoms with Crippen LogP contribution in [-0.2, 0) is 6.54 Å². The second-order valence-corrected chi connectivity index (χ2v) is 7.85. The van der Waals surface area contributed by atoms with Gasteiger partial charge in [0, 0.05) is 35.6 Å². The second-order valence-electron chi connectivity index (χ2n) is 7.41. The molecule has 1 N–H and O–H groups in total. The summed E-state index contributed by atoms with van der Waals surface area (Å²) in [6.07, 6.45) is 4.98. The average molecular weight is 473 g/mol. The number of anilines is 1. The van der Waals surface area contributed by atoms with Crippen LogP contribution in [0.5, 0.6) is 5.75 Å². The lowest BCUT2D eigenvalue weighted by molar-refractivity contribution is 0.0696. The molecule has 33 heavy (non-hydrogen) atoms. The normalized spacial score (nSPS) is 10.8. The fourth-order valence-corrected chi connectivity index (χ4v) is 3.43. The summed E-state index contributed by atoms with van der Waals surface area (Å²) in [4.78, 5) is 35.5. The van der Waals surface area contributed by atoms with Gasteiger partial charge in [0.25, 0.3) is 5.91 Å². The summed E-state index contributed by atoms with van der Waals surface area (Å²) in [5.74, 6) is 0.187. The van der Waals surface area contributed by atoms with Crippen molar-refractivity contribution in [3.63, 3.8) is 0 Å². The number of pyridine rings is 1. The number of nitrogens with zero attached hydrogens (tertiary/aromatic N) is 6. The zero-order valence-corrected chi connectivity index (χ0v) is 19.1. The Balaban J connectivity index is 1.67. The molecule has 0 spiro atoms. The molecule has 174 valence electrons. The maximum Gasteiger partial charge on any atom is 0.411 e. The molecule has 0 fully saturated rings. The van der Waals surface area contributed by atoms with Crippen LogP contribution in [0.25, 0.3) is 0 Å². The molecule has 3 aromatic rings. The highest BCUT2D eigenvalue weighted by Crippen LogP contribution is 2.23. The first-order valence-corrected chi connectivity index (χ1v) is 10.7. The van der Waals surface area contributed by atoms with Crippen LogP contribution in [-0.4, -0.2) is 67.5 Å². The van der Waals surface area contributed by atoms with Crippen LogP contribution in [0, 0.1) is 0 Å². The van der Waals surface area contributed by atoms with Crippen molar-refractivity contribution < 1.29 is 19.4 Å². The standard InChI is InChI=1S/C22H25ClN6O4/c1-16(2)28(8-7-27-15-25-14-26-27)21(30)17-11-18(23)13-20(12-17)33-10-9-29(22(31)32)19-3-5-24-6-4-19/h3-6,11-16H,7-10H2,1-2H3,(H,31,32). The molecule has 1 aromatic carbocycles. The van der Waals surface area contributed by atoms with Gasteiger partial charge in [-0.25, -0.2) is 9.78 Å². The van der Waals surface area contributed by atoms with Crippen LogP contribution in [0.15, 0.2) is 55.4 Å². The SMILES string of the molecule is CC(C)N(CCn1cncn1)C(=O)c1cc(Cl)cc(OCCN(C(=O)O)c2ccncc2)c1. The summed E-state index contributed by atoms with van der Waals surface area (Å²) < 4.78 is 7.40.